The third kappa shape index (κ3) is 5.35. The average Bonchev–Trinajstić information content (AvgIpc) is 2.96. The summed E-state index contributed by atoms with van der Waals surface area (Å²) in [5.41, 5.74) is 5.88. The lowest BCUT2D eigenvalue weighted by molar-refractivity contribution is -0.137. The van der Waals surface area contributed by atoms with E-state index in [4.69, 9.17) is 5.73 Å². The Labute approximate surface area is 146 Å². The van der Waals surface area contributed by atoms with Gasteiger partial charge >= 0.3 is 0 Å². The van der Waals surface area contributed by atoms with Crippen molar-refractivity contribution in [3.05, 3.63) is 0 Å². The van der Waals surface area contributed by atoms with Crippen LogP contribution < -0.4 is 11.1 Å². The minimum atomic E-state index is 0. The van der Waals surface area contributed by atoms with Crippen LogP contribution in [-0.4, -0.2) is 41.9 Å². The highest BCUT2D eigenvalue weighted by atomic mass is 35.5. The Balaban J connectivity index is 0.00000264. The Morgan fingerprint density at radius 1 is 1.13 bits per heavy atom. The molecule has 0 radical (unpaired) electrons. The lowest BCUT2D eigenvalue weighted by atomic mass is 9.98. The van der Waals surface area contributed by atoms with E-state index >= 15 is 0 Å². The topological polar surface area (TPSA) is 75.4 Å². The first-order valence-electron chi connectivity index (χ1n) is 8.89. The summed E-state index contributed by atoms with van der Waals surface area (Å²) in [6.45, 7) is 5.69. The number of hydrogen-bond acceptors (Lipinski definition) is 3. The van der Waals surface area contributed by atoms with E-state index in [2.05, 4.69) is 19.2 Å². The first-order valence-corrected chi connectivity index (χ1v) is 8.89. The van der Waals surface area contributed by atoms with Crippen molar-refractivity contribution in [2.24, 2.45) is 17.6 Å². The molecule has 0 aromatic carbocycles. The summed E-state index contributed by atoms with van der Waals surface area (Å²) in [6, 6.07) is 0.408. The molecule has 2 amide bonds. The number of amides is 2. The molecule has 5 nitrogen and oxygen atoms in total. The molecule has 2 atom stereocenters. The number of nitrogens with one attached hydrogen (secondary N) is 1. The van der Waals surface area contributed by atoms with Gasteiger partial charge in [-0.05, 0) is 44.9 Å². The standard InChI is InChI=1S/C17H31N3O2.ClH/c1-3-12(4-2)17(22)20-9-7-15(8-10-20)19-16(21)13-5-6-14(18)11-13;/h12-15H,3-11,18H2,1-2H3,(H,19,21);1H. The first-order chi connectivity index (χ1) is 10.5. The molecule has 0 bridgehead atoms. The number of halogens is 1. The van der Waals surface area contributed by atoms with Gasteiger partial charge in [-0.15, -0.1) is 12.4 Å². The number of nitrogens with two attached hydrogens (primary N) is 1. The lowest BCUT2D eigenvalue weighted by Gasteiger charge is -2.34. The summed E-state index contributed by atoms with van der Waals surface area (Å²) in [4.78, 5) is 26.6. The van der Waals surface area contributed by atoms with Crippen molar-refractivity contribution in [3.8, 4) is 0 Å². The number of carbonyl (C=O) groups is 2. The summed E-state index contributed by atoms with van der Waals surface area (Å²) in [7, 11) is 0. The molecule has 134 valence electrons. The Hall–Kier alpha value is -0.810. The second-order valence-electron chi connectivity index (χ2n) is 6.89. The van der Waals surface area contributed by atoms with E-state index in [9.17, 15) is 9.59 Å². The molecule has 6 heteroatoms. The van der Waals surface area contributed by atoms with Crippen molar-refractivity contribution >= 4 is 24.2 Å². The van der Waals surface area contributed by atoms with Gasteiger partial charge in [-0.1, -0.05) is 13.8 Å². The summed E-state index contributed by atoms with van der Waals surface area (Å²) < 4.78 is 0. The highest BCUT2D eigenvalue weighted by Gasteiger charge is 2.31. The van der Waals surface area contributed by atoms with Gasteiger partial charge in [0.25, 0.3) is 0 Å². The average molecular weight is 346 g/mol. The van der Waals surface area contributed by atoms with Crippen molar-refractivity contribution < 1.29 is 9.59 Å². The van der Waals surface area contributed by atoms with Crippen LogP contribution in [0.15, 0.2) is 0 Å². The second-order valence-corrected chi connectivity index (χ2v) is 6.89. The highest BCUT2D eigenvalue weighted by Crippen LogP contribution is 2.25. The molecule has 2 rings (SSSR count). The molecule has 1 saturated heterocycles. The molecule has 1 saturated carbocycles. The van der Waals surface area contributed by atoms with Crippen LogP contribution in [0.25, 0.3) is 0 Å². The number of likely N-dealkylation sites (tertiary alicyclic amines) is 1. The maximum absolute atomic E-state index is 12.4. The maximum Gasteiger partial charge on any atom is 0.225 e. The molecule has 23 heavy (non-hydrogen) atoms. The molecule has 2 fully saturated rings. The summed E-state index contributed by atoms with van der Waals surface area (Å²) in [6.07, 6.45) is 6.26. The number of nitrogens with zero attached hydrogens (tertiary/aromatic N) is 1. The molecule has 2 aliphatic rings. The minimum absolute atomic E-state index is 0. The van der Waals surface area contributed by atoms with Crippen molar-refractivity contribution in [2.75, 3.05) is 13.1 Å². The summed E-state index contributed by atoms with van der Waals surface area (Å²) >= 11 is 0. The smallest absolute Gasteiger partial charge is 0.225 e. The predicted octanol–water partition coefficient (Wildman–Crippen LogP) is 2.08. The van der Waals surface area contributed by atoms with E-state index in [0.29, 0.717) is 0 Å². The Kier molecular flexibility index (Phi) is 8.34. The van der Waals surface area contributed by atoms with Gasteiger partial charge < -0.3 is 16.0 Å². The zero-order valence-corrected chi connectivity index (χ0v) is 15.2. The fourth-order valence-corrected chi connectivity index (χ4v) is 3.71. The molecule has 2 unspecified atom stereocenters. The van der Waals surface area contributed by atoms with Gasteiger partial charge in [-0.25, -0.2) is 0 Å². The second kappa shape index (κ2) is 9.48. The molecule has 3 N–H and O–H groups in total. The molecule has 0 spiro atoms. The highest BCUT2D eigenvalue weighted by molar-refractivity contribution is 5.85. The van der Waals surface area contributed by atoms with Gasteiger partial charge in [0.05, 0.1) is 0 Å². The molecule has 1 heterocycles. The quantitative estimate of drug-likeness (QED) is 0.801. The van der Waals surface area contributed by atoms with E-state index in [1.807, 2.05) is 4.90 Å². The van der Waals surface area contributed by atoms with Crippen LogP contribution in [0.2, 0.25) is 0 Å². The van der Waals surface area contributed by atoms with E-state index in [-0.39, 0.29) is 48.1 Å². The molecular formula is C17H32ClN3O2. The molecule has 0 aromatic rings. The van der Waals surface area contributed by atoms with Gasteiger partial charge in [0.15, 0.2) is 0 Å². The van der Waals surface area contributed by atoms with Crippen LogP contribution in [0.5, 0.6) is 0 Å². The van der Waals surface area contributed by atoms with E-state index < -0.39 is 0 Å². The molecular weight excluding hydrogens is 314 g/mol. The largest absolute Gasteiger partial charge is 0.353 e. The third-order valence-electron chi connectivity index (χ3n) is 5.33. The van der Waals surface area contributed by atoms with Crippen LogP contribution in [0.4, 0.5) is 0 Å². The van der Waals surface area contributed by atoms with Crippen LogP contribution in [0.3, 0.4) is 0 Å². The fourth-order valence-electron chi connectivity index (χ4n) is 3.71. The minimum Gasteiger partial charge on any atom is -0.353 e. The molecule has 1 aliphatic carbocycles. The zero-order chi connectivity index (χ0) is 16.1. The fraction of sp³-hybridized carbons (Fsp3) is 0.882. The summed E-state index contributed by atoms with van der Waals surface area (Å²) in [5.74, 6) is 0.708. The zero-order valence-electron chi connectivity index (χ0n) is 14.4. The number of piperidine rings is 1. The van der Waals surface area contributed by atoms with E-state index in [1.54, 1.807) is 0 Å². The van der Waals surface area contributed by atoms with Crippen molar-refractivity contribution in [3.63, 3.8) is 0 Å². The van der Waals surface area contributed by atoms with Gasteiger partial charge in [0.2, 0.25) is 11.8 Å². The SMILES string of the molecule is CCC(CC)C(=O)N1CCC(NC(=O)C2CCC(N)C2)CC1.Cl. The van der Waals surface area contributed by atoms with Crippen LogP contribution in [-0.2, 0) is 9.59 Å². The van der Waals surface area contributed by atoms with Crippen molar-refractivity contribution in [1.82, 2.24) is 10.2 Å². The van der Waals surface area contributed by atoms with Gasteiger partial charge in [0.1, 0.15) is 0 Å². The monoisotopic (exact) mass is 345 g/mol. The number of carbonyl (C=O) groups excluding carboxylic acids is 2. The predicted molar refractivity (Wildman–Crippen MR) is 94.4 cm³/mol. The van der Waals surface area contributed by atoms with Crippen LogP contribution in [0.1, 0.15) is 58.8 Å². The van der Waals surface area contributed by atoms with Crippen LogP contribution >= 0.6 is 12.4 Å². The Morgan fingerprint density at radius 3 is 2.22 bits per heavy atom. The Bertz CT molecular complexity index is 393. The van der Waals surface area contributed by atoms with Gasteiger partial charge in [0, 0.05) is 37.0 Å². The number of rotatable bonds is 5. The van der Waals surface area contributed by atoms with Crippen molar-refractivity contribution in [1.29, 1.82) is 0 Å². The summed E-state index contributed by atoms with van der Waals surface area (Å²) in [5, 5.41) is 3.17. The third-order valence-corrected chi connectivity index (χ3v) is 5.33. The van der Waals surface area contributed by atoms with E-state index in [0.717, 1.165) is 58.0 Å². The van der Waals surface area contributed by atoms with E-state index in [1.165, 1.54) is 0 Å². The van der Waals surface area contributed by atoms with Gasteiger partial charge in [-0.2, -0.15) is 0 Å². The lowest BCUT2D eigenvalue weighted by Crippen LogP contribution is -2.49. The van der Waals surface area contributed by atoms with Crippen molar-refractivity contribution in [2.45, 2.75) is 70.9 Å². The molecule has 1 aliphatic heterocycles. The number of hydrogen-bond donors (Lipinski definition) is 2. The molecule has 0 aromatic heterocycles. The van der Waals surface area contributed by atoms with Gasteiger partial charge in [-0.3, -0.25) is 9.59 Å². The normalized spacial score (nSPS) is 25.3. The first kappa shape index (κ1) is 20.2. The van der Waals surface area contributed by atoms with Crippen LogP contribution in [0, 0.1) is 11.8 Å². The maximum atomic E-state index is 12.4. The Morgan fingerprint density at radius 2 is 1.74 bits per heavy atom.